The first-order valence-electron chi connectivity index (χ1n) is 9.74. The molecule has 3 aromatic carbocycles. The zero-order chi connectivity index (χ0) is 21.6. The summed E-state index contributed by atoms with van der Waals surface area (Å²) in [6.07, 6.45) is 3.47. The zero-order valence-corrected chi connectivity index (χ0v) is 17.2. The summed E-state index contributed by atoms with van der Waals surface area (Å²) < 4.78 is 11.0. The number of hydrogen-bond acceptors (Lipinski definition) is 5. The second-order valence-corrected chi connectivity index (χ2v) is 6.85. The minimum absolute atomic E-state index is 0.239. The molecule has 0 aliphatic heterocycles. The Hall–Kier alpha value is -4.19. The van der Waals surface area contributed by atoms with Crippen LogP contribution in [-0.4, -0.2) is 23.0 Å². The summed E-state index contributed by atoms with van der Waals surface area (Å²) in [5.41, 5.74) is 4.27. The minimum Gasteiger partial charge on any atom is -0.495 e. The maximum absolute atomic E-state index is 12.5. The molecule has 0 spiro atoms. The van der Waals surface area contributed by atoms with Crippen LogP contribution < -0.4 is 14.8 Å². The van der Waals surface area contributed by atoms with Crippen molar-refractivity contribution in [2.24, 2.45) is 0 Å². The molecule has 1 heterocycles. The number of carbonyl (C=O) groups is 1. The van der Waals surface area contributed by atoms with E-state index in [1.807, 2.05) is 43.3 Å². The SMILES string of the molecule is COc1ccccc1NC(=O)c1ccc(Oc2ncc(-c3ccccc3C)cn2)cc1. The van der Waals surface area contributed by atoms with E-state index in [-0.39, 0.29) is 11.9 Å². The number of methoxy groups -OCH3 is 1. The van der Waals surface area contributed by atoms with E-state index in [9.17, 15) is 4.79 Å². The number of nitrogens with zero attached hydrogens (tertiary/aromatic N) is 2. The average Bonchev–Trinajstić information content (AvgIpc) is 2.81. The number of hydrogen-bond donors (Lipinski definition) is 1. The van der Waals surface area contributed by atoms with E-state index in [0.29, 0.717) is 22.7 Å². The molecule has 0 bridgehead atoms. The molecule has 154 valence electrons. The van der Waals surface area contributed by atoms with Gasteiger partial charge < -0.3 is 14.8 Å². The number of amides is 1. The molecule has 0 saturated heterocycles. The van der Waals surface area contributed by atoms with E-state index in [1.165, 1.54) is 0 Å². The van der Waals surface area contributed by atoms with Crippen molar-refractivity contribution >= 4 is 11.6 Å². The number of ether oxygens (including phenoxy) is 2. The first-order valence-corrected chi connectivity index (χ1v) is 9.74. The summed E-state index contributed by atoms with van der Waals surface area (Å²) >= 11 is 0. The topological polar surface area (TPSA) is 73.3 Å². The largest absolute Gasteiger partial charge is 0.495 e. The monoisotopic (exact) mass is 411 g/mol. The number of nitrogens with one attached hydrogen (secondary N) is 1. The maximum Gasteiger partial charge on any atom is 0.321 e. The fourth-order valence-electron chi connectivity index (χ4n) is 3.13. The molecule has 0 unspecified atom stereocenters. The van der Waals surface area contributed by atoms with Crippen molar-refractivity contribution in [1.82, 2.24) is 9.97 Å². The van der Waals surface area contributed by atoms with Gasteiger partial charge in [0.25, 0.3) is 5.91 Å². The molecule has 0 aliphatic rings. The van der Waals surface area contributed by atoms with Gasteiger partial charge in [0.2, 0.25) is 0 Å². The fourth-order valence-corrected chi connectivity index (χ4v) is 3.13. The number of benzene rings is 3. The van der Waals surface area contributed by atoms with Gasteiger partial charge in [-0.05, 0) is 54.4 Å². The summed E-state index contributed by atoms with van der Waals surface area (Å²) in [7, 11) is 1.56. The zero-order valence-electron chi connectivity index (χ0n) is 17.2. The average molecular weight is 411 g/mol. The molecular formula is C25H21N3O3. The van der Waals surface area contributed by atoms with Crippen molar-refractivity contribution in [3.05, 3.63) is 96.3 Å². The molecule has 0 saturated carbocycles. The Labute approximate surface area is 180 Å². The quantitative estimate of drug-likeness (QED) is 0.453. The fraction of sp³-hybridized carbons (Fsp3) is 0.0800. The van der Waals surface area contributed by atoms with Crippen molar-refractivity contribution in [3.63, 3.8) is 0 Å². The van der Waals surface area contributed by atoms with E-state index in [4.69, 9.17) is 9.47 Å². The lowest BCUT2D eigenvalue weighted by Gasteiger charge is -2.10. The van der Waals surface area contributed by atoms with Crippen LogP contribution in [0.2, 0.25) is 0 Å². The van der Waals surface area contributed by atoms with Gasteiger partial charge in [0, 0.05) is 23.5 Å². The van der Waals surface area contributed by atoms with Crippen molar-refractivity contribution in [3.8, 4) is 28.6 Å². The molecule has 31 heavy (non-hydrogen) atoms. The van der Waals surface area contributed by atoms with E-state index >= 15 is 0 Å². The third-order valence-electron chi connectivity index (χ3n) is 4.77. The number of anilines is 1. The predicted molar refractivity (Wildman–Crippen MR) is 120 cm³/mol. The molecule has 4 aromatic rings. The lowest BCUT2D eigenvalue weighted by Crippen LogP contribution is -2.12. The van der Waals surface area contributed by atoms with Gasteiger partial charge in [-0.2, -0.15) is 0 Å². The van der Waals surface area contributed by atoms with Crippen LogP contribution in [0.4, 0.5) is 5.69 Å². The summed E-state index contributed by atoms with van der Waals surface area (Å²) in [6.45, 7) is 2.05. The molecule has 4 rings (SSSR count). The molecule has 1 N–H and O–H groups in total. The Morgan fingerprint density at radius 2 is 1.55 bits per heavy atom. The number of para-hydroxylation sites is 2. The molecule has 0 atom stereocenters. The standard InChI is InChI=1S/C25H21N3O3/c1-17-7-3-4-8-21(17)19-15-26-25(27-16-19)31-20-13-11-18(12-14-20)24(29)28-22-9-5-6-10-23(22)30-2/h3-16H,1-2H3,(H,28,29). The van der Waals surface area contributed by atoms with Gasteiger partial charge in [0.1, 0.15) is 11.5 Å². The predicted octanol–water partition coefficient (Wildman–Crippen LogP) is 5.51. The third-order valence-corrected chi connectivity index (χ3v) is 4.77. The van der Waals surface area contributed by atoms with Crippen LogP contribution in [0, 0.1) is 6.92 Å². The highest BCUT2D eigenvalue weighted by Gasteiger charge is 2.10. The highest BCUT2D eigenvalue weighted by molar-refractivity contribution is 6.05. The van der Waals surface area contributed by atoms with Gasteiger partial charge in [-0.25, -0.2) is 9.97 Å². The highest BCUT2D eigenvalue weighted by atomic mass is 16.5. The van der Waals surface area contributed by atoms with Gasteiger partial charge in [-0.1, -0.05) is 36.4 Å². The third kappa shape index (κ3) is 4.70. The summed E-state index contributed by atoms with van der Waals surface area (Å²) in [5.74, 6) is 0.898. The second-order valence-electron chi connectivity index (χ2n) is 6.85. The normalized spacial score (nSPS) is 10.4. The van der Waals surface area contributed by atoms with Crippen LogP contribution in [0.5, 0.6) is 17.5 Å². The molecule has 1 amide bonds. The van der Waals surface area contributed by atoms with Crippen LogP contribution in [-0.2, 0) is 0 Å². The summed E-state index contributed by atoms with van der Waals surface area (Å²) in [5, 5.41) is 2.84. The smallest absolute Gasteiger partial charge is 0.321 e. The number of aromatic nitrogens is 2. The van der Waals surface area contributed by atoms with Gasteiger partial charge in [0.05, 0.1) is 12.8 Å². The molecule has 6 nitrogen and oxygen atoms in total. The van der Waals surface area contributed by atoms with E-state index in [1.54, 1.807) is 55.9 Å². The van der Waals surface area contributed by atoms with E-state index in [2.05, 4.69) is 15.3 Å². The van der Waals surface area contributed by atoms with E-state index in [0.717, 1.165) is 16.7 Å². The summed E-state index contributed by atoms with van der Waals surface area (Å²) in [6, 6.07) is 22.3. The van der Waals surface area contributed by atoms with Crippen LogP contribution >= 0.6 is 0 Å². The molecule has 1 aromatic heterocycles. The van der Waals surface area contributed by atoms with Crippen molar-refractivity contribution in [2.75, 3.05) is 12.4 Å². The molecular weight excluding hydrogens is 390 g/mol. The van der Waals surface area contributed by atoms with Gasteiger partial charge in [-0.15, -0.1) is 0 Å². The Bertz CT molecular complexity index is 1190. The highest BCUT2D eigenvalue weighted by Crippen LogP contribution is 2.26. The van der Waals surface area contributed by atoms with Crippen LogP contribution in [0.15, 0.2) is 85.2 Å². The Balaban J connectivity index is 1.43. The van der Waals surface area contributed by atoms with Crippen molar-refractivity contribution in [2.45, 2.75) is 6.92 Å². The van der Waals surface area contributed by atoms with Crippen LogP contribution in [0.25, 0.3) is 11.1 Å². The maximum atomic E-state index is 12.5. The van der Waals surface area contributed by atoms with E-state index < -0.39 is 0 Å². The van der Waals surface area contributed by atoms with Gasteiger partial charge in [0.15, 0.2) is 0 Å². The second kappa shape index (κ2) is 9.09. The first kappa shape index (κ1) is 20.1. The molecule has 0 aliphatic carbocycles. The lowest BCUT2D eigenvalue weighted by molar-refractivity contribution is 0.102. The van der Waals surface area contributed by atoms with Crippen LogP contribution in [0.1, 0.15) is 15.9 Å². The first-order chi connectivity index (χ1) is 15.1. The minimum atomic E-state index is -0.241. The van der Waals surface area contributed by atoms with Crippen molar-refractivity contribution in [1.29, 1.82) is 0 Å². The lowest BCUT2D eigenvalue weighted by atomic mass is 10.0. The Kier molecular flexibility index (Phi) is 5.89. The van der Waals surface area contributed by atoms with Gasteiger partial charge in [-0.3, -0.25) is 4.79 Å². The molecule has 0 radical (unpaired) electrons. The Morgan fingerprint density at radius 3 is 2.26 bits per heavy atom. The van der Waals surface area contributed by atoms with Gasteiger partial charge >= 0.3 is 6.01 Å². The summed E-state index contributed by atoms with van der Waals surface area (Å²) in [4.78, 5) is 21.1. The number of carbonyl (C=O) groups excluding carboxylic acids is 1. The molecule has 0 fully saturated rings. The Morgan fingerprint density at radius 1 is 0.871 bits per heavy atom. The van der Waals surface area contributed by atoms with Crippen molar-refractivity contribution < 1.29 is 14.3 Å². The number of rotatable bonds is 6. The van der Waals surface area contributed by atoms with Crippen LogP contribution in [0.3, 0.4) is 0 Å². The molecule has 6 heteroatoms. The number of aryl methyl sites for hydroxylation is 1.